The molecule has 7 nitrogen and oxygen atoms in total. The number of rotatable bonds is 6. The second-order valence-corrected chi connectivity index (χ2v) is 9.14. The van der Waals surface area contributed by atoms with E-state index in [2.05, 4.69) is 16.2 Å². The van der Waals surface area contributed by atoms with Gasteiger partial charge in [0.25, 0.3) is 5.91 Å². The number of benzene rings is 2. The monoisotopic (exact) mass is 456 g/mol. The fourth-order valence-electron chi connectivity index (χ4n) is 5.25. The largest absolute Gasteiger partial charge is 0.497 e. The molecule has 2 aliphatic heterocycles. The maximum Gasteiger partial charge on any atom is 0.328 e. The van der Waals surface area contributed by atoms with E-state index in [0.717, 1.165) is 33.5 Å². The summed E-state index contributed by atoms with van der Waals surface area (Å²) in [5.41, 5.74) is 2.90. The van der Waals surface area contributed by atoms with Crippen LogP contribution in [0.4, 0.5) is 4.79 Å². The maximum atomic E-state index is 13.7. The third-order valence-corrected chi connectivity index (χ3v) is 7.02. The van der Waals surface area contributed by atoms with E-state index in [-0.39, 0.29) is 24.5 Å². The highest BCUT2D eigenvalue weighted by atomic mass is 16.5. The van der Waals surface area contributed by atoms with Crippen LogP contribution in [0.15, 0.2) is 48.5 Å². The number of imide groups is 1. The van der Waals surface area contributed by atoms with Crippen LogP contribution in [0.5, 0.6) is 5.75 Å². The molecule has 0 saturated carbocycles. The Labute approximate surface area is 199 Å². The minimum atomic E-state index is -0.999. The molecule has 0 spiro atoms. The van der Waals surface area contributed by atoms with Gasteiger partial charge in [0.1, 0.15) is 17.3 Å². The van der Waals surface area contributed by atoms with Crippen LogP contribution in [-0.4, -0.2) is 58.5 Å². The predicted molar refractivity (Wildman–Crippen MR) is 130 cm³/mol. The Hall–Kier alpha value is -3.76. The number of aromatic amines is 1. The number of H-pyrrole nitrogens is 1. The number of nitrogens with zero attached hydrogens (tertiary/aromatic N) is 2. The third-order valence-electron chi connectivity index (χ3n) is 7.02. The predicted octanol–water partition coefficient (Wildman–Crippen LogP) is 3.46. The van der Waals surface area contributed by atoms with Crippen LogP contribution in [-0.2, 0) is 11.2 Å². The minimum Gasteiger partial charge on any atom is -0.497 e. The molecular formula is C27H28N4O3. The van der Waals surface area contributed by atoms with Gasteiger partial charge in [0, 0.05) is 36.1 Å². The molecule has 2 N–H and O–H groups in total. The first-order chi connectivity index (χ1) is 16.4. The van der Waals surface area contributed by atoms with E-state index in [1.165, 1.54) is 4.90 Å². The van der Waals surface area contributed by atoms with Gasteiger partial charge in [-0.2, -0.15) is 0 Å². The molecule has 3 atom stereocenters. The zero-order valence-electron chi connectivity index (χ0n) is 19.6. The van der Waals surface area contributed by atoms with E-state index < -0.39 is 11.6 Å². The summed E-state index contributed by atoms with van der Waals surface area (Å²) in [7, 11) is 1.64. The maximum absolute atomic E-state index is 13.7. The molecule has 1 aromatic heterocycles. The molecule has 3 amide bonds. The standard InChI is InChI=1S/C27H28N4O3/c1-5-17(2)28-13-14-30-25(32)27(3)16-21-20-15-19(34-4)11-12-22(20)29-23(21)24(31(27)26(30)33)18-9-7-6-8-10-18/h1,6-12,15,17,24,28-29H,13-14,16H2,2-4H3/t17?,24-,27+/m1/s1. The van der Waals surface area contributed by atoms with Gasteiger partial charge in [-0.15, -0.1) is 6.42 Å². The van der Waals surface area contributed by atoms with Gasteiger partial charge in [0.2, 0.25) is 0 Å². The van der Waals surface area contributed by atoms with Gasteiger partial charge in [0.15, 0.2) is 0 Å². The lowest BCUT2D eigenvalue weighted by molar-refractivity contribution is -0.133. The van der Waals surface area contributed by atoms with Gasteiger partial charge in [-0.3, -0.25) is 14.6 Å². The van der Waals surface area contributed by atoms with Crippen molar-refractivity contribution in [1.82, 2.24) is 20.1 Å². The average Bonchev–Trinajstić information content (AvgIpc) is 3.30. The van der Waals surface area contributed by atoms with Crippen molar-refractivity contribution < 1.29 is 14.3 Å². The van der Waals surface area contributed by atoms with E-state index in [9.17, 15) is 9.59 Å². The Kier molecular flexibility index (Phi) is 5.34. The van der Waals surface area contributed by atoms with E-state index in [4.69, 9.17) is 11.2 Å². The van der Waals surface area contributed by atoms with Crippen molar-refractivity contribution in [1.29, 1.82) is 0 Å². The molecule has 0 radical (unpaired) electrons. The number of carbonyl (C=O) groups excluding carboxylic acids is 2. The molecule has 1 fully saturated rings. The van der Waals surface area contributed by atoms with Gasteiger partial charge in [0.05, 0.1) is 13.2 Å². The number of amides is 3. The number of urea groups is 1. The lowest BCUT2D eigenvalue weighted by Gasteiger charge is -2.42. The van der Waals surface area contributed by atoms with E-state index >= 15 is 0 Å². The second-order valence-electron chi connectivity index (χ2n) is 9.14. The van der Waals surface area contributed by atoms with Crippen molar-refractivity contribution in [3.05, 3.63) is 65.4 Å². The zero-order chi connectivity index (χ0) is 24.0. The third kappa shape index (κ3) is 3.25. The lowest BCUT2D eigenvalue weighted by Crippen LogP contribution is -2.53. The molecule has 3 heterocycles. The fraction of sp³-hybridized carbons (Fsp3) is 0.333. The van der Waals surface area contributed by atoms with Crippen LogP contribution < -0.4 is 10.1 Å². The van der Waals surface area contributed by atoms with Crippen molar-refractivity contribution in [2.24, 2.45) is 0 Å². The second kappa shape index (κ2) is 8.23. The zero-order valence-corrected chi connectivity index (χ0v) is 19.6. The molecule has 0 aliphatic carbocycles. The summed E-state index contributed by atoms with van der Waals surface area (Å²) in [5, 5.41) is 4.18. The van der Waals surface area contributed by atoms with Crippen molar-refractivity contribution in [3.63, 3.8) is 0 Å². The first kappa shape index (κ1) is 22.1. The van der Waals surface area contributed by atoms with Gasteiger partial charge in [-0.1, -0.05) is 36.3 Å². The van der Waals surface area contributed by atoms with Gasteiger partial charge in [-0.25, -0.2) is 4.79 Å². The number of terminal acetylenes is 1. The highest BCUT2D eigenvalue weighted by molar-refractivity contribution is 6.08. The topological polar surface area (TPSA) is 77.7 Å². The molecule has 5 rings (SSSR count). The fourth-order valence-corrected chi connectivity index (χ4v) is 5.25. The number of ether oxygens (including phenoxy) is 1. The Morgan fingerprint density at radius 2 is 2.03 bits per heavy atom. The summed E-state index contributed by atoms with van der Waals surface area (Å²) in [4.78, 5) is 34.1. The first-order valence-electron chi connectivity index (χ1n) is 11.5. The van der Waals surface area contributed by atoms with Crippen molar-refractivity contribution in [2.75, 3.05) is 20.2 Å². The molecule has 174 valence electrons. The summed E-state index contributed by atoms with van der Waals surface area (Å²) in [6.07, 6.45) is 5.87. The number of hydrogen-bond donors (Lipinski definition) is 2. The highest BCUT2D eigenvalue weighted by Crippen LogP contribution is 2.48. The Morgan fingerprint density at radius 1 is 1.26 bits per heavy atom. The molecular weight excluding hydrogens is 428 g/mol. The lowest BCUT2D eigenvalue weighted by atomic mass is 9.81. The Balaban J connectivity index is 1.62. The minimum absolute atomic E-state index is 0.135. The number of methoxy groups -OCH3 is 1. The van der Waals surface area contributed by atoms with E-state index in [1.807, 2.05) is 62.4 Å². The van der Waals surface area contributed by atoms with Gasteiger partial charge >= 0.3 is 6.03 Å². The van der Waals surface area contributed by atoms with Crippen molar-refractivity contribution in [2.45, 2.75) is 37.9 Å². The van der Waals surface area contributed by atoms with E-state index in [1.54, 1.807) is 12.0 Å². The van der Waals surface area contributed by atoms with Crippen LogP contribution in [0.1, 0.15) is 36.7 Å². The molecule has 2 aliphatic rings. The molecule has 34 heavy (non-hydrogen) atoms. The van der Waals surface area contributed by atoms with Gasteiger partial charge in [-0.05, 0) is 43.2 Å². The first-order valence-corrected chi connectivity index (χ1v) is 11.5. The highest BCUT2D eigenvalue weighted by Gasteiger charge is 2.60. The number of carbonyl (C=O) groups is 2. The quantitative estimate of drug-likeness (QED) is 0.440. The summed E-state index contributed by atoms with van der Waals surface area (Å²) in [5.74, 6) is 3.18. The Bertz CT molecular complexity index is 1310. The Morgan fingerprint density at radius 3 is 2.74 bits per heavy atom. The van der Waals surface area contributed by atoms with Crippen LogP contribution in [0.25, 0.3) is 10.9 Å². The summed E-state index contributed by atoms with van der Waals surface area (Å²) >= 11 is 0. The number of nitrogens with one attached hydrogen (secondary N) is 2. The smallest absolute Gasteiger partial charge is 0.328 e. The van der Waals surface area contributed by atoms with Crippen LogP contribution >= 0.6 is 0 Å². The SMILES string of the molecule is C#CC(C)NCCN1C(=O)N2[C@H](c3ccccc3)c3[nH]c4ccc(OC)cc4c3C[C@@]2(C)C1=O. The normalized spacial score (nSPS) is 22.5. The van der Waals surface area contributed by atoms with Crippen LogP contribution in [0.2, 0.25) is 0 Å². The number of fused-ring (bicyclic) bond motifs is 4. The summed E-state index contributed by atoms with van der Waals surface area (Å²) < 4.78 is 5.46. The number of hydrogen-bond acceptors (Lipinski definition) is 4. The number of aromatic nitrogens is 1. The summed E-state index contributed by atoms with van der Waals surface area (Å²) in [6.45, 7) is 4.45. The molecule has 1 unspecified atom stereocenters. The molecule has 2 aromatic carbocycles. The van der Waals surface area contributed by atoms with Crippen LogP contribution in [0.3, 0.4) is 0 Å². The van der Waals surface area contributed by atoms with E-state index in [0.29, 0.717) is 13.0 Å². The van der Waals surface area contributed by atoms with Gasteiger partial charge < -0.3 is 15.0 Å². The van der Waals surface area contributed by atoms with Crippen molar-refractivity contribution >= 4 is 22.8 Å². The average molecular weight is 457 g/mol. The molecule has 1 saturated heterocycles. The molecule has 3 aromatic rings. The molecule has 7 heteroatoms. The van der Waals surface area contributed by atoms with Crippen LogP contribution in [0, 0.1) is 12.3 Å². The summed E-state index contributed by atoms with van der Waals surface area (Å²) in [6, 6.07) is 14.9. The van der Waals surface area contributed by atoms with Crippen molar-refractivity contribution in [3.8, 4) is 18.1 Å². The molecule has 0 bridgehead atoms.